The Morgan fingerprint density at radius 3 is 2.35 bits per heavy atom. The molecule has 114 valence electrons. The molecular weight excluding hydrogens is 260 g/mol. The van der Waals surface area contributed by atoms with Gasteiger partial charge in [-0.1, -0.05) is 37.6 Å². The zero-order chi connectivity index (χ0) is 16.0. The lowest BCUT2D eigenvalue weighted by molar-refractivity contribution is -0.465. The molecular formula is C15H24O5. The third-order valence-corrected chi connectivity index (χ3v) is 3.53. The molecule has 1 rings (SSSR count). The van der Waals surface area contributed by atoms with Crippen molar-refractivity contribution in [3.8, 4) is 0 Å². The van der Waals surface area contributed by atoms with E-state index in [1.165, 1.54) is 6.08 Å². The van der Waals surface area contributed by atoms with Crippen LogP contribution in [0.2, 0.25) is 0 Å². The summed E-state index contributed by atoms with van der Waals surface area (Å²) in [6.07, 6.45) is 6.53. The summed E-state index contributed by atoms with van der Waals surface area (Å²) in [5.74, 6) is 0.210. The molecule has 0 fully saturated rings. The summed E-state index contributed by atoms with van der Waals surface area (Å²) in [6.45, 7) is 11.4. The Morgan fingerprint density at radius 2 is 1.90 bits per heavy atom. The van der Waals surface area contributed by atoms with Crippen LogP contribution in [0.15, 0.2) is 36.0 Å². The van der Waals surface area contributed by atoms with E-state index in [0.717, 1.165) is 17.6 Å². The van der Waals surface area contributed by atoms with Crippen LogP contribution in [-0.4, -0.2) is 27.0 Å². The van der Waals surface area contributed by atoms with Gasteiger partial charge < -0.3 is 5.11 Å². The molecule has 20 heavy (non-hydrogen) atoms. The Hall–Kier alpha value is -1.27. The standard InChI is InChI=1S/C15H22O2.H2O3/c1-6-15(5,17)10-7-12-11(2)13(16)8-9-14(12,3)4;1-3-2/h6-7,10,17H,1,8-9H2,2-5H3;1-2H. The molecule has 0 aromatic rings. The highest BCUT2D eigenvalue weighted by molar-refractivity contribution is 5.97. The van der Waals surface area contributed by atoms with E-state index in [4.69, 9.17) is 10.5 Å². The predicted octanol–water partition coefficient (Wildman–Crippen LogP) is 3.13. The van der Waals surface area contributed by atoms with Gasteiger partial charge in [-0.05, 0) is 42.9 Å². The Labute approximate surface area is 119 Å². The van der Waals surface area contributed by atoms with E-state index >= 15 is 0 Å². The highest BCUT2D eigenvalue weighted by Gasteiger charge is 2.31. The summed E-state index contributed by atoms with van der Waals surface area (Å²) in [5.41, 5.74) is 0.809. The average molecular weight is 284 g/mol. The topological polar surface area (TPSA) is 87.0 Å². The van der Waals surface area contributed by atoms with Crippen LogP contribution in [0, 0.1) is 5.41 Å². The van der Waals surface area contributed by atoms with E-state index in [1.54, 1.807) is 13.0 Å². The molecule has 0 spiro atoms. The lowest BCUT2D eigenvalue weighted by Crippen LogP contribution is -2.25. The van der Waals surface area contributed by atoms with Crippen molar-refractivity contribution in [1.29, 1.82) is 0 Å². The largest absolute Gasteiger partial charge is 0.382 e. The van der Waals surface area contributed by atoms with Gasteiger partial charge in [-0.2, -0.15) is 0 Å². The molecule has 0 aromatic carbocycles. The number of Topliss-reactive ketones (excluding diaryl/α,β-unsaturated/α-hetero) is 1. The molecule has 0 amide bonds. The van der Waals surface area contributed by atoms with Gasteiger partial charge in [-0.25, -0.2) is 10.5 Å². The van der Waals surface area contributed by atoms with Crippen LogP contribution in [0.3, 0.4) is 0 Å². The zero-order valence-corrected chi connectivity index (χ0v) is 12.5. The number of hydrogen-bond acceptors (Lipinski definition) is 5. The molecule has 0 aromatic heterocycles. The summed E-state index contributed by atoms with van der Waals surface area (Å²) in [5, 5.41) is 25.4. The maximum Gasteiger partial charge on any atom is 0.158 e. The van der Waals surface area contributed by atoms with Crippen molar-refractivity contribution in [1.82, 2.24) is 0 Å². The van der Waals surface area contributed by atoms with Crippen molar-refractivity contribution in [3.05, 3.63) is 36.0 Å². The second-order valence-corrected chi connectivity index (χ2v) is 5.69. The van der Waals surface area contributed by atoms with Gasteiger partial charge in [0.25, 0.3) is 0 Å². The van der Waals surface area contributed by atoms with Gasteiger partial charge >= 0.3 is 0 Å². The first-order valence-corrected chi connectivity index (χ1v) is 6.36. The van der Waals surface area contributed by atoms with Crippen LogP contribution in [0.25, 0.3) is 0 Å². The fourth-order valence-corrected chi connectivity index (χ4v) is 2.08. The van der Waals surface area contributed by atoms with Gasteiger partial charge in [-0.3, -0.25) is 4.79 Å². The van der Waals surface area contributed by atoms with Gasteiger partial charge in [0.2, 0.25) is 0 Å². The Bertz CT molecular complexity index is 416. The number of allylic oxidation sites excluding steroid dienone is 3. The predicted molar refractivity (Wildman–Crippen MR) is 77.0 cm³/mol. The van der Waals surface area contributed by atoms with Crippen LogP contribution in [-0.2, 0) is 9.83 Å². The summed E-state index contributed by atoms with van der Waals surface area (Å²) in [7, 11) is 0. The first-order chi connectivity index (χ1) is 9.11. The molecule has 5 heteroatoms. The van der Waals surface area contributed by atoms with E-state index < -0.39 is 5.60 Å². The SMILES string of the molecule is C=CC(C)(O)C=CC1=C(C)C(=O)CCC1(C)C.OOO. The molecule has 0 bridgehead atoms. The van der Waals surface area contributed by atoms with Crippen molar-refractivity contribution in [2.45, 2.75) is 46.1 Å². The van der Waals surface area contributed by atoms with Crippen molar-refractivity contribution in [2.75, 3.05) is 0 Å². The fourth-order valence-electron chi connectivity index (χ4n) is 2.08. The van der Waals surface area contributed by atoms with Crippen molar-refractivity contribution >= 4 is 5.78 Å². The van der Waals surface area contributed by atoms with E-state index in [2.05, 4.69) is 25.5 Å². The monoisotopic (exact) mass is 284 g/mol. The normalized spacial score (nSPS) is 21.2. The lowest BCUT2D eigenvalue weighted by Gasteiger charge is -2.32. The van der Waals surface area contributed by atoms with Gasteiger partial charge in [0.1, 0.15) is 0 Å². The minimum absolute atomic E-state index is 0.00819. The molecule has 1 aliphatic rings. The number of ketones is 1. The molecule has 0 heterocycles. The lowest BCUT2D eigenvalue weighted by atomic mass is 9.72. The summed E-state index contributed by atoms with van der Waals surface area (Å²) >= 11 is 0. The number of aliphatic hydroxyl groups is 1. The first kappa shape index (κ1) is 18.7. The second-order valence-electron chi connectivity index (χ2n) is 5.69. The molecule has 0 saturated carbocycles. The number of carbonyl (C=O) groups is 1. The van der Waals surface area contributed by atoms with Crippen LogP contribution < -0.4 is 0 Å². The van der Waals surface area contributed by atoms with Crippen molar-refractivity contribution in [2.24, 2.45) is 5.41 Å². The first-order valence-electron chi connectivity index (χ1n) is 6.36. The third-order valence-electron chi connectivity index (χ3n) is 3.53. The molecule has 1 atom stereocenters. The Balaban J connectivity index is 0.00000110. The van der Waals surface area contributed by atoms with Crippen molar-refractivity contribution in [3.63, 3.8) is 0 Å². The minimum Gasteiger partial charge on any atom is -0.382 e. The van der Waals surface area contributed by atoms with E-state index in [1.807, 2.05) is 13.0 Å². The summed E-state index contributed by atoms with van der Waals surface area (Å²) in [4.78, 5) is 11.7. The molecule has 0 saturated heterocycles. The van der Waals surface area contributed by atoms with E-state index in [-0.39, 0.29) is 11.2 Å². The Morgan fingerprint density at radius 1 is 1.40 bits per heavy atom. The Kier molecular flexibility index (Phi) is 7.02. The molecule has 5 nitrogen and oxygen atoms in total. The molecule has 1 unspecified atom stereocenters. The van der Waals surface area contributed by atoms with E-state index in [0.29, 0.717) is 6.42 Å². The number of carbonyl (C=O) groups excluding carboxylic acids is 1. The van der Waals surface area contributed by atoms with Crippen LogP contribution >= 0.6 is 0 Å². The zero-order valence-electron chi connectivity index (χ0n) is 12.5. The highest BCUT2D eigenvalue weighted by Crippen LogP contribution is 2.39. The second kappa shape index (κ2) is 7.50. The number of rotatable bonds is 3. The third kappa shape index (κ3) is 5.38. The highest BCUT2D eigenvalue weighted by atomic mass is 17.4. The number of hydrogen-bond donors (Lipinski definition) is 3. The van der Waals surface area contributed by atoms with Gasteiger partial charge in [-0.15, -0.1) is 0 Å². The van der Waals surface area contributed by atoms with Crippen LogP contribution in [0.5, 0.6) is 0 Å². The molecule has 1 aliphatic carbocycles. The van der Waals surface area contributed by atoms with Crippen molar-refractivity contribution < 1.29 is 25.5 Å². The maximum absolute atomic E-state index is 11.7. The summed E-state index contributed by atoms with van der Waals surface area (Å²) in [6, 6.07) is 0. The maximum atomic E-state index is 11.7. The van der Waals surface area contributed by atoms with Gasteiger partial charge in [0, 0.05) is 6.42 Å². The smallest absolute Gasteiger partial charge is 0.158 e. The fraction of sp³-hybridized carbons (Fsp3) is 0.533. The minimum atomic E-state index is -1.02. The van der Waals surface area contributed by atoms with E-state index in [9.17, 15) is 9.90 Å². The molecule has 0 aliphatic heterocycles. The molecule has 0 radical (unpaired) electrons. The average Bonchev–Trinajstić information content (AvgIpc) is 2.35. The summed E-state index contributed by atoms with van der Waals surface area (Å²) < 4.78 is 0. The quantitative estimate of drug-likeness (QED) is 0.421. The molecule has 3 N–H and O–H groups in total. The van der Waals surface area contributed by atoms with Gasteiger partial charge in [0.05, 0.1) is 5.60 Å². The van der Waals surface area contributed by atoms with Crippen LogP contribution in [0.1, 0.15) is 40.5 Å². The van der Waals surface area contributed by atoms with Crippen LogP contribution in [0.4, 0.5) is 0 Å². The van der Waals surface area contributed by atoms with Gasteiger partial charge in [0.15, 0.2) is 5.78 Å².